The molecular weight excluding hydrogens is 180 g/mol. The molecule has 78 valence electrons. The lowest BCUT2D eigenvalue weighted by Crippen LogP contribution is -2.31. The van der Waals surface area contributed by atoms with Crippen LogP contribution in [0.1, 0.15) is 18.7 Å². The maximum absolute atomic E-state index is 9.12. The van der Waals surface area contributed by atoms with Crippen molar-refractivity contribution in [3.05, 3.63) is 30.1 Å². The predicted molar refractivity (Wildman–Crippen MR) is 53.7 cm³/mol. The van der Waals surface area contributed by atoms with E-state index in [1.165, 1.54) is 0 Å². The third kappa shape index (κ3) is 3.41. The quantitative estimate of drug-likeness (QED) is 0.624. The third-order valence-corrected chi connectivity index (χ3v) is 2.00. The predicted octanol–water partition coefficient (Wildman–Crippen LogP) is 0.0854. The van der Waals surface area contributed by atoms with Crippen molar-refractivity contribution in [2.45, 2.75) is 19.1 Å². The molecule has 0 aliphatic carbocycles. The molecule has 2 atom stereocenters. The number of pyridine rings is 1. The topological polar surface area (TPSA) is 65.4 Å². The Morgan fingerprint density at radius 3 is 2.86 bits per heavy atom. The Kier molecular flexibility index (Phi) is 4.52. The maximum atomic E-state index is 9.12. The summed E-state index contributed by atoms with van der Waals surface area (Å²) >= 11 is 0. The summed E-state index contributed by atoms with van der Waals surface area (Å²) in [4.78, 5) is 4.18. The molecule has 0 aliphatic rings. The van der Waals surface area contributed by atoms with Crippen LogP contribution in [0.5, 0.6) is 0 Å². The first-order valence-corrected chi connectivity index (χ1v) is 4.67. The fourth-order valence-electron chi connectivity index (χ4n) is 1.11. The molecule has 1 heterocycles. The minimum absolute atomic E-state index is 0.0809. The normalized spacial score (nSPS) is 15.1. The van der Waals surface area contributed by atoms with E-state index in [4.69, 9.17) is 10.2 Å². The molecule has 0 bridgehead atoms. The lowest BCUT2D eigenvalue weighted by atomic mass is 10.2. The molecule has 0 spiro atoms. The maximum Gasteiger partial charge on any atom is 0.0895 e. The Hall–Kier alpha value is -0.970. The fourth-order valence-corrected chi connectivity index (χ4v) is 1.11. The highest BCUT2D eigenvalue weighted by atomic mass is 16.3. The van der Waals surface area contributed by atoms with Crippen LogP contribution in [0.3, 0.4) is 0 Å². The monoisotopic (exact) mass is 196 g/mol. The second kappa shape index (κ2) is 5.70. The van der Waals surface area contributed by atoms with Crippen LogP contribution in [-0.4, -0.2) is 34.5 Å². The number of hydrogen-bond acceptors (Lipinski definition) is 4. The van der Waals surface area contributed by atoms with Gasteiger partial charge in [-0.2, -0.15) is 0 Å². The second-order valence-electron chi connectivity index (χ2n) is 3.22. The van der Waals surface area contributed by atoms with Gasteiger partial charge in [-0.1, -0.05) is 6.07 Å². The zero-order chi connectivity index (χ0) is 10.4. The minimum Gasteiger partial charge on any atom is -0.394 e. The van der Waals surface area contributed by atoms with E-state index in [1.807, 2.05) is 25.1 Å². The van der Waals surface area contributed by atoms with Crippen LogP contribution in [0.4, 0.5) is 0 Å². The number of hydrogen-bond donors (Lipinski definition) is 3. The first-order chi connectivity index (χ1) is 6.74. The smallest absolute Gasteiger partial charge is 0.0895 e. The molecule has 0 saturated heterocycles. The lowest BCUT2D eigenvalue weighted by molar-refractivity contribution is 0.0922. The molecule has 3 N–H and O–H groups in total. The van der Waals surface area contributed by atoms with Gasteiger partial charge in [0.1, 0.15) is 0 Å². The molecule has 0 radical (unpaired) electrons. The van der Waals surface area contributed by atoms with Crippen molar-refractivity contribution in [2.75, 3.05) is 13.2 Å². The first kappa shape index (κ1) is 11.1. The molecule has 0 aliphatic heterocycles. The van der Waals surface area contributed by atoms with E-state index in [-0.39, 0.29) is 12.6 Å². The summed E-state index contributed by atoms with van der Waals surface area (Å²) in [5.74, 6) is 0. The van der Waals surface area contributed by atoms with Crippen molar-refractivity contribution >= 4 is 0 Å². The molecule has 0 unspecified atom stereocenters. The van der Waals surface area contributed by atoms with Crippen molar-refractivity contribution in [2.24, 2.45) is 0 Å². The molecule has 1 rings (SSSR count). The zero-order valence-corrected chi connectivity index (χ0v) is 8.22. The lowest BCUT2D eigenvalue weighted by Gasteiger charge is -2.15. The molecule has 0 amide bonds. The summed E-state index contributed by atoms with van der Waals surface area (Å²) in [7, 11) is 0. The van der Waals surface area contributed by atoms with Crippen LogP contribution in [0.15, 0.2) is 24.4 Å². The van der Waals surface area contributed by atoms with Gasteiger partial charge < -0.3 is 15.5 Å². The van der Waals surface area contributed by atoms with Crippen LogP contribution in [0.2, 0.25) is 0 Å². The number of aliphatic hydroxyl groups is 2. The van der Waals surface area contributed by atoms with E-state index >= 15 is 0 Å². The van der Waals surface area contributed by atoms with Gasteiger partial charge in [0.25, 0.3) is 0 Å². The van der Waals surface area contributed by atoms with Crippen LogP contribution in [-0.2, 0) is 0 Å². The van der Waals surface area contributed by atoms with Crippen molar-refractivity contribution in [1.29, 1.82) is 0 Å². The molecule has 0 saturated carbocycles. The molecular formula is C10H16N2O2. The second-order valence-corrected chi connectivity index (χ2v) is 3.22. The van der Waals surface area contributed by atoms with Gasteiger partial charge in [-0.3, -0.25) is 4.98 Å². The summed E-state index contributed by atoms with van der Waals surface area (Å²) < 4.78 is 0. The van der Waals surface area contributed by atoms with Gasteiger partial charge >= 0.3 is 0 Å². The Morgan fingerprint density at radius 1 is 1.50 bits per heavy atom. The highest BCUT2D eigenvalue weighted by Gasteiger charge is 2.07. The van der Waals surface area contributed by atoms with E-state index in [1.54, 1.807) is 6.20 Å². The van der Waals surface area contributed by atoms with E-state index in [0.29, 0.717) is 6.54 Å². The Balaban J connectivity index is 2.39. The fraction of sp³-hybridized carbons (Fsp3) is 0.500. The first-order valence-electron chi connectivity index (χ1n) is 4.67. The summed E-state index contributed by atoms with van der Waals surface area (Å²) in [6, 6.07) is 5.78. The highest BCUT2D eigenvalue weighted by Crippen LogP contribution is 2.07. The third-order valence-electron chi connectivity index (χ3n) is 2.00. The number of aliphatic hydroxyl groups excluding tert-OH is 2. The Morgan fingerprint density at radius 2 is 2.29 bits per heavy atom. The van der Waals surface area contributed by atoms with Crippen LogP contribution in [0, 0.1) is 0 Å². The summed E-state index contributed by atoms with van der Waals surface area (Å²) in [5.41, 5.74) is 0.928. The van der Waals surface area contributed by atoms with Crippen LogP contribution in [0.25, 0.3) is 0 Å². The van der Waals surface area contributed by atoms with Gasteiger partial charge in [0.2, 0.25) is 0 Å². The summed E-state index contributed by atoms with van der Waals surface area (Å²) in [6.45, 7) is 2.11. The molecule has 1 aromatic rings. The molecule has 4 heteroatoms. The number of aromatic nitrogens is 1. The number of nitrogens with one attached hydrogen (secondary N) is 1. The van der Waals surface area contributed by atoms with E-state index in [2.05, 4.69) is 10.3 Å². The van der Waals surface area contributed by atoms with E-state index in [9.17, 15) is 0 Å². The molecule has 0 aromatic carbocycles. The van der Waals surface area contributed by atoms with Gasteiger partial charge in [-0.25, -0.2) is 0 Å². The molecule has 0 fully saturated rings. The number of rotatable bonds is 5. The highest BCUT2D eigenvalue weighted by molar-refractivity contribution is 5.07. The van der Waals surface area contributed by atoms with Gasteiger partial charge in [0.15, 0.2) is 0 Å². The molecule has 1 aromatic heterocycles. The molecule has 4 nitrogen and oxygen atoms in total. The Bertz CT molecular complexity index is 254. The number of nitrogens with zero attached hydrogens (tertiary/aromatic N) is 1. The van der Waals surface area contributed by atoms with E-state index in [0.717, 1.165) is 5.69 Å². The average Bonchev–Trinajstić information content (AvgIpc) is 2.26. The standard InChI is InChI=1S/C10H16N2O2/c1-8(12-6-9(14)7-13)10-4-2-3-5-11-10/h2-5,8-9,12-14H,6-7H2,1H3/t8-,9-/m0/s1. The Labute approximate surface area is 83.6 Å². The van der Waals surface area contributed by atoms with Crippen LogP contribution >= 0.6 is 0 Å². The van der Waals surface area contributed by atoms with Crippen molar-refractivity contribution in [1.82, 2.24) is 10.3 Å². The van der Waals surface area contributed by atoms with Crippen molar-refractivity contribution in [3.63, 3.8) is 0 Å². The summed E-state index contributed by atoms with van der Waals surface area (Å²) in [5, 5.41) is 20.8. The average molecular weight is 196 g/mol. The summed E-state index contributed by atoms with van der Waals surface area (Å²) in [6.07, 6.45) is 1.02. The minimum atomic E-state index is -0.707. The van der Waals surface area contributed by atoms with Gasteiger partial charge in [-0.05, 0) is 19.1 Å². The zero-order valence-electron chi connectivity index (χ0n) is 8.22. The van der Waals surface area contributed by atoms with Gasteiger partial charge in [0.05, 0.1) is 18.4 Å². The van der Waals surface area contributed by atoms with Gasteiger partial charge in [-0.15, -0.1) is 0 Å². The van der Waals surface area contributed by atoms with Crippen LogP contribution < -0.4 is 5.32 Å². The largest absolute Gasteiger partial charge is 0.394 e. The van der Waals surface area contributed by atoms with Crippen molar-refractivity contribution < 1.29 is 10.2 Å². The molecule has 14 heavy (non-hydrogen) atoms. The van der Waals surface area contributed by atoms with Crippen molar-refractivity contribution in [3.8, 4) is 0 Å². The van der Waals surface area contributed by atoms with Gasteiger partial charge in [0, 0.05) is 18.8 Å². The SMILES string of the molecule is C[C@H](NC[C@H](O)CO)c1ccccn1. The van der Waals surface area contributed by atoms with E-state index < -0.39 is 6.10 Å².